The Morgan fingerprint density at radius 2 is 1.75 bits per heavy atom. The van der Waals surface area contributed by atoms with E-state index in [-0.39, 0.29) is 12.9 Å². The van der Waals surface area contributed by atoms with Crippen LogP contribution in [-0.2, 0) is 30.5 Å². The first-order valence-corrected chi connectivity index (χ1v) is 6.22. The third kappa shape index (κ3) is 5.22. The van der Waals surface area contributed by atoms with E-state index < -0.39 is 23.5 Å². The second kappa shape index (κ2) is 6.84. The molecular weight excluding hydrogens is 260 g/mol. The molecule has 0 spiro atoms. The molecule has 0 radical (unpaired) electrons. The van der Waals surface area contributed by atoms with Crippen LogP contribution in [0.15, 0.2) is 30.3 Å². The molecule has 0 saturated carbocycles. The molecule has 0 saturated heterocycles. The number of ether oxygens (including phenoxy) is 2. The minimum atomic E-state index is -1.54. The third-order valence-corrected chi connectivity index (χ3v) is 2.27. The Kier molecular flexibility index (Phi) is 5.43. The molecule has 0 bridgehead atoms. The minimum absolute atomic E-state index is 0.00676. The number of benzene rings is 1. The maximum absolute atomic E-state index is 11.7. The van der Waals surface area contributed by atoms with Gasteiger partial charge in [-0.1, -0.05) is 30.3 Å². The van der Waals surface area contributed by atoms with Crippen LogP contribution in [-0.4, -0.2) is 23.8 Å². The van der Waals surface area contributed by atoms with Gasteiger partial charge < -0.3 is 14.3 Å². The SMILES string of the molecule is CC(C)(C)OC(=O)C(C=O)C(=O)OCc1ccccc1. The van der Waals surface area contributed by atoms with Crippen molar-refractivity contribution in [3.63, 3.8) is 0 Å². The lowest BCUT2D eigenvalue weighted by molar-refractivity contribution is -0.169. The van der Waals surface area contributed by atoms with Gasteiger partial charge in [0.15, 0.2) is 0 Å². The van der Waals surface area contributed by atoms with E-state index in [4.69, 9.17) is 9.47 Å². The zero-order chi connectivity index (χ0) is 15.2. The highest BCUT2D eigenvalue weighted by Crippen LogP contribution is 2.12. The Hall–Kier alpha value is -2.17. The molecule has 1 aromatic carbocycles. The second-order valence-corrected chi connectivity index (χ2v) is 5.24. The fourth-order valence-electron chi connectivity index (χ4n) is 1.39. The first-order chi connectivity index (χ1) is 9.33. The van der Waals surface area contributed by atoms with Crippen LogP contribution in [0.1, 0.15) is 26.3 Å². The van der Waals surface area contributed by atoms with Crippen LogP contribution in [0.5, 0.6) is 0 Å². The summed E-state index contributed by atoms with van der Waals surface area (Å²) in [5.74, 6) is -3.35. The summed E-state index contributed by atoms with van der Waals surface area (Å²) in [6, 6.07) is 8.98. The van der Waals surface area contributed by atoms with Gasteiger partial charge in [-0.25, -0.2) is 0 Å². The van der Waals surface area contributed by atoms with Crippen LogP contribution in [0, 0.1) is 5.92 Å². The molecule has 0 heterocycles. The van der Waals surface area contributed by atoms with E-state index in [1.54, 1.807) is 45.0 Å². The lowest BCUT2D eigenvalue weighted by Crippen LogP contribution is -2.34. The molecule has 0 fully saturated rings. The molecule has 0 aromatic heterocycles. The summed E-state index contributed by atoms with van der Waals surface area (Å²) in [6.07, 6.45) is 0.238. The van der Waals surface area contributed by atoms with Gasteiger partial charge in [0.25, 0.3) is 0 Å². The van der Waals surface area contributed by atoms with Gasteiger partial charge in [-0.2, -0.15) is 0 Å². The number of hydrogen-bond acceptors (Lipinski definition) is 5. The quantitative estimate of drug-likeness (QED) is 0.467. The summed E-state index contributed by atoms with van der Waals surface area (Å²) in [5.41, 5.74) is 0.00704. The Balaban J connectivity index is 2.59. The maximum atomic E-state index is 11.7. The van der Waals surface area contributed by atoms with E-state index in [2.05, 4.69) is 0 Å². The molecule has 0 aliphatic rings. The molecule has 1 rings (SSSR count). The van der Waals surface area contributed by atoms with Crippen LogP contribution in [0.25, 0.3) is 0 Å². The van der Waals surface area contributed by atoms with Gasteiger partial charge in [0.05, 0.1) is 0 Å². The topological polar surface area (TPSA) is 69.7 Å². The van der Waals surface area contributed by atoms with Gasteiger partial charge in [0, 0.05) is 0 Å². The Bertz CT molecular complexity index is 473. The lowest BCUT2D eigenvalue weighted by atomic mass is 10.1. The predicted molar refractivity (Wildman–Crippen MR) is 71.6 cm³/mol. The van der Waals surface area contributed by atoms with Gasteiger partial charge in [-0.15, -0.1) is 0 Å². The summed E-state index contributed by atoms with van der Waals surface area (Å²) in [6.45, 7) is 4.97. The van der Waals surface area contributed by atoms with E-state index >= 15 is 0 Å². The van der Waals surface area contributed by atoms with E-state index in [0.29, 0.717) is 0 Å². The highest BCUT2D eigenvalue weighted by atomic mass is 16.6. The fraction of sp³-hybridized carbons (Fsp3) is 0.400. The smallest absolute Gasteiger partial charge is 0.328 e. The Morgan fingerprint density at radius 1 is 1.15 bits per heavy atom. The summed E-state index contributed by atoms with van der Waals surface area (Å²) < 4.78 is 9.94. The van der Waals surface area contributed by atoms with E-state index in [9.17, 15) is 14.4 Å². The standard InChI is InChI=1S/C15H18O5/c1-15(2,3)20-14(18)12(9-16)13(17)19-10-11-7-5-4-6-8-11/h4-9,12H,10H2,1-3H3. The monoisotopic (exact) mass is 278 g/mol. The number of hydrogen-bond donors (Lipinski definition) is 0. The first kappa shape index (κ1) is 15.9. The zero-order valence-corrected chi connectivity index (χ0v) is 11.8. The van der Waals surface area contributed by atoms with Crippen molar-refractivity contribution in [3.05, 3.63) is 35.9 Å². The molecule has 0 N–H and O–H groups in total. The van der Waals surface area contributed by atoms with Crippen molar-refractivity contribution in [2.24, 2.45) is 5.92 Å². The number of rotatable bonds is 5. The molecule has 1 atom stereocenters. The van der Waals surface area contributed by atoms with Crippen molar-refractivity contribution in [2.45, 2.75) is 33.0 Å². The van der Waals surface area contributed by atoms with Crippen LogP contribution in [0.2, 0.25) is 0 Å². The Morgan fingerprint density at radius 3 is 2.25 bits per heavy atom. The van der Waals surface area contributed by atoms with E-state index in [1.807, 2.05) is 6.07 Å². The molecule has 20 heavy (non-hydrogen) atoms. The van der Waals surface area contributed by atoms with Gasteiger partial charge >= 0.3 is 11.9 Å². The predicted octanol–water partition coefficient (Wildman–Crippen LogP) is 1.89. The highest BCUT2D eigenvalue weighted by Gasteiger charge is 2.32. The molecule has 1 unspecified atom stereocenters. The fourth-order valence-corrected chi connectivity index (χ4v) is 1.39. The largest absolute Gasteiger partial charge is 0.460 e. The summed E-state index contributed by atoms with van der Waals surface area (Å²) in [7, 11) is 0. The van der Waals surface area contributed by atoms with Crippen molar-refractivity contribution in [1.29, 1.82) is 0 Å². The second-order valence-electron chi connectivity index (χ2n) is 5.24. The zero-order valence-electron chi connectivity index (χ0n) is 11.8. The summed E-state index contributed by atoms with van der Waals surface area (Å²) in [4.78, 5) is 34.3. The molecule has 5 heteroatoms. The number of aldehydes is 1. The van der Waals surface area contributed by atoms with Gasteiger partial charge in [0.1, 0.15) is 18.5 Å². The van der Waals surface area contributed by atoms with E-state index in [0.717, 1.165) is 5.56 Å². The first-order valence-electron chi connectivity index (χ1n) is 6.22. The number of carbonyl (C=O) groups is 3. The molecule has 0 aliphatic heterocycles. The molecule has 0 amide bonds. The van der Waals surface area contributed by atoms with Crippen LogP contribution < -0.4 is 0 Å². The molecule has 108 valence electrons. The van der Waals surface area contributed by atoms with E-state index in [1.165, 1.54) is 0 Å². The van der Waals surface area contributed by atoms with Crippen LogP contribution in [0.4, 0.5) is 0 Å². The molecule has 0 aliphatic carbocycles. The molecule has 1 aromatic rings. The summed E-state index contributed by atoms with van der Waals surface area (Å²) in [5, 5.41) is 0. The summed E-state index contributed by atoms with van der Waals surface area (Å²) >= 11 is 0. The van der Waals surface area contributed by atoms with Crippen molar-refractivity contribution in [3.8, 4) is 0 Å². The normalized spacial score (nSPS) is 12.3. The lowest BCUT2D eigenvalue weighted by Gasteiger charge is -2.21. The molecule has 5 nitrogen and oxygen atoms in total. The van der Waals surface area contributed by atoms with Crippen molar-refractivity contribution >= 4 is 18.2 Å². The number of esters is 2. The third-order valence-electron chi connectivity index (χ3n) is 2.27. The van der Waals surface area contributed by atoms with Crippen LogP contribution in [0.3, 0.4) is 0 Å². The van der Waals surface area contributed by atoms with Crippen LogP contribution >= 0.6 is 0 Å². The Labute approximate surface area is 117 Å². The maximum Gasteiger partial charge on any atom is 0.328 e. The van der Waals surface area contributed by atoms with Crippen molar-refractivity contribution in [2.75, 3.05) is 0 Å². The highest BCUT2D eigenvalue weighted by molar-refractivity contribution is 6.07. The van der Waals surface area contributed by atoms with Gasteiger partial charge in [-0.3, -0.25) is 9.59 Å². The number of carbonyl (C=O) groups excluding carboxylic acids is 3. The molecular formula is C15H18O5. The minimum Gasteiger partial charge on any atom is -0.460 e. The van der Waals surface area contributed by atoms with Gasteiger partial charge in [-0.05, 0) is 26.3 Å². The average Bonchev–Trinajstić information content (AvgIpc) is 2.36. The van der Waals surface area contributed by atoms with Crippen molar-refractivity contribution in [1.82, 2.24) is 0 Å². The van der Waals surface area contributed by atoms with Crippen molar-refractivity contribution < 1.29 is 23.9 Å². The van der Waals surface area contributed by atoms with Gasteiger partial charge in [0.2, 0.25) is 5.92 Å². The average molecular weight is 278 g/mol.